The van der Waals surface area contributed by atoms with E-state index in [1.165, 1.54) is 47.8 Å². The van der Waals surface area contributed by atoms with Crippen molar-refractivity contribution in [2.24, 2.45) is 0 Å². The first-order chi connectivity index (χ1) is 14.2. The van der Waals surface area contributed by atoms with Gasteiger partial charge in [0.2, 0.25) is 0 Å². The third kappa shape index (κ3) is 4.46. The first kappa shape index (κ1) is 21.4. The lowest BCUT2D eigenvalue weighted by atomic mass is 10.2. The molecule has 1 N–H and O–H groups in total. The van der Waals surface area contributed by atoms with Gasteiger partial charge in [0, 0.05) is 18.3 Å². The number of benzene rings is 3. The summed E-state index contributed by atoms with van der Waals surface area (Å²) in [5.41, 5.74) is 2.40. The van der Waals surface area contributed by atoms with E-state index >= 15 is 0 Å². The van der Waals surface area contributed by atoms with E-state index < -0.39 is 15.9 Å². The molecule has 3 aromatic rings. The number of carbonyl (C=O) groups excluding carboxylic acids is 1. The first-order valence-electron chi connectivity index (χ1n) is 8.89. The number of nitriles is 1. The Morgan fingerprint density at radius 3 is 2.40 bits per heavy atom. The van der Waals surface area contributed by atoms with E-state index in [2.05, 4.69) is 5.32 Å². The molecule has 0 fully saturated rings. The van der Waals surface area contributed by atoms with Gasteiger partial charge < -0.3 is 5.32 Å². The number of sulfonamides is 1. The van der Waals surface area contributed by atoms with Crippen LogP contribution in [0.4, 0.5) is 11.4 Å². The van der Waals surface area contributed by atoms with E-state index in [1.54, 1.807) is 18.2 Å². The summed E-state index contributed by atoms with van der Waals surface area (Å²) in [5, 5.41) is 11.8. The average Bonchev–Trinajstić information content (AvgIpc) is 2.74. The number of rotatable bonds is 5. The summed E-state index contributed by atoms with van der Waals surface area (Å²) >= 11 is 5.99. The number of nitrogens with one attached hydrogen (secondary N) is 1. The molecule has 0 unspecified atom stereocenters. The van der Waals surface area contributed by atoms with Crippen LogP contribution in [-0.2, 0) is 10.0 Å². The van der Waals surface area contributed by atoms with Gasteiger partial charge >= 0.3 is 0 Å². The third-order valence-corrected chi connectivity index (χ3v) is 6.59. The van der Waals surface area contributed by atoms with Gasteiger partial charge in [-0.3, -0.25) is 9.10 Å². The minimum atomic E-state index is -3.85. The molecule has 0 spiro atoms. The number of nitrogens with zero attached hydrogens (tertiary/aromatic N) is 2. The fourth-order valence-electron chi connectivity index (χ4n) is 2.74. The molecule has 0 radical (unpaired) electrons. The minimum absolute atomic E-state index is 0.00362. The molecule has 0 aromatic heterocycles. The summed E-state index contributed by atoms with van der Waals surface area (Å²) in [4.78, 5) is 12.6. The van der Waals surface area contributed by atoms with Crippen LogP contribution in [0.2, 0.25) is 5.02 Å². The van der Waals surface area contributed by atoms with Crippen LogP contribution in [0.15, 0.2) is 71.6 Å². The molecule has 1 amide bonds. The van der Waals surface area contributed by atoms with Crippen LogP contribution < -0.4 is 9.62 Å². The Kier molecular flexibility index (Phi) is 6.11. The Balaban J connectivity index is 1.86. The number of aryl methyl sites for hydroxylation is 1. The van der Waals surface area contributed by atoms with Gasteiger partial charge in [0.25, 0.3) is 15.9 Å². The zero-order chi connectivity index (χ0) is 21.9. The number of amides is 1. The van der Waals surface area contributed by atoms with Crippen molar-refractivity contribution in [2.75, 3.05) is 16.7 Å². The quantitative estimate of drug-likeness (QED) is 0.629. The molecule has 0 atom stereocenters. The van der Waals surface area contributed by atoms with E-state index in [0.29, 0.717) is 16.9 Å². The van der Waals surface area contributed by atoms with Crippen molar-refractivity contribution >= 4 is 38.9 Å². The van der Waals surface area contributed by atoms with Crippen molar-refractivity contribution in [2.45, 2.75) is 11.8 Å². The predicted octanol–water partition coefficient (Wildman–Crippen LogP) is 4.60. The zero-order valence-electron chi connectivity index (χ0n) is 16.3. The van der Waals surface area contributed by atoms with Crippen LogP contribution in [-0.4, -0.2) is 21.4 Å². The third-order valence-electron chi connectivity index (χ3n) is 4.50. The van der Waals surface area contributed by atoms with E-state index in [4.69, 9.17) is 16.9 Å². The van der Waals surface area contributed by atoms with Gasteiger partial charge in [-0.05, 0) is 55.5 Å². The summed E-state index contributed by atoms with van der Waals surface area (Å²) in [6.07, 6.45) is 0. The monoisotopic (exact) mass is 439 g/mol. The molecule has 0 aliphatic rings. The van der Waals surface area contributed by atoms with Crippen molar-refractivity contribution in [1.82, 2.24) is 0 Å². The summed E-state index contributed by atoms with van der Waals surface area (Å²) < 4.78 is 27.2. The zero-order valence-corrected chi connectivity index (χ0v) is 17.8. The maximum Gasteiger partial charge on any atom is 0.264 e. The summed E-state index contributed by atoms with van der Waals surface area (Å²) in [7, 11) is -2.39. The van der Waals surface area contributed by atoms with Crippen molar-refractivity contribution in [3.05, 3.63) is 88.4 Å². The Labute approximate surface area is 180 Å². The highest BCUT2D eigenvalue weighted by molar-refractivity contribution is 7.92. The SMILES string of the molecule is Cc1ccc(N(C)S(=O)(=O)c2cccc(C(=O)Nc3ccc(C#N)c(Cl)c3)c2)cc1. The van der Waals surface area contributed by atoms with E-state index in [1.807, 2.05) is 25.1 Å². The van der Waals surface area contributed by atoms with Crippen molar-refractivity contribution in [3.63, 3.8) is 0 Å². The first-order valence-corrected chi connectivity index (χ1v) is 10.7. The summed E-state index contributed by atoms with van der Waals surface area (Å²) in [5.74, 6) is -0.495. The molecule has 30 heavy (non-hydrogen) atoms. The number of anilines is 2. The Hall–Kier alpha value is -3.34. The van der Waals surface area contributed by atoms with Gasteiger partial charge in [-0.25, -0.2) is 8.42 Å². The van der Waals surface area contributed by atoms with E-state index in [-0.39, 0.29) is 15.5 Å². The minimum Gasteiger partial charge on any atom is -0.322 e. The number of carbonyl (C=O) groups is 1. The maximum atomic E-state index is 13.0. The standard InChI is InChI=1S/C22H18ClN3O3S/c1-15-6-10-19(11-7-15)26(2)30(28,29)20-5-3-4-16(12-20)22(27)25-18-9-8-17(14-24)21(23)13-18/h3-13H,1-2H3,(H,25,27). The molecule has 3 aromatic carbocycles. The fraction of sp³-hybridized carbons (Fsp3) is 0.0909. The molecule has 0 aliphatic heterocycles. The van der Waals surface area contributed by atoms with E-state index in [9.17, 15) is 13.2 Å². The molecular weight excluding hydrogens is 422 g/mol. The fourth-order valence-corrected chi connectivity index (χ4v) is 4.20. The normalized spacial score (nSPS) is 10.9. The highest BCUT2D eigenvalue weighted by atomic mass is 35.5. The highest BCUT2D eigenvalue weighted by Gasteiger charge is 2.22. The second-order valence-corrected chi connectivity index (χ2v) is 8.97. The number of halogens is 1. The van der Waals surface area contributed by atoms with Crippen LogP contribution in [0.3, 0.4) is 0 Å². The second-order valence-electron chi connectivity index (χ2n) is 6.60. The van der Waals surface area contributed by atoms with Crippen molar-refractivity contribution in [3.8, 4) is 6.07 Å². The molecule has 0 saturated heterocycles. The van der Waals surface area contributed by atoms with Gasteiger partial charge in [-0.2, -0.15) is 5.26 Å². The lowest BCUT2D eigenvalue weighted by molar-refractivity contribution is 0.102. The summed E-state index contributed by atoms with van der Waals surface area (Å²) in [6, 6.07) is 19.3. The molecule has 0 bridgehead atoms. The molecule has 152 valence electrons. The molecular formula is C22H18ClN3O3S. The van der Waals surface area contributed by atoms with Crippen molar-refractivity contribution < 1.29 is 13.2 Å². The Morgan fingerprint density at radius 2 is 1.77 bits per heavy atom. The van der Waals surface area contributed by atoms with Crippen LogP contribution in [0.1, 0.15) is 21.5 Å². The van der Waals surface area contributed by atoms with Crippen molar-refractivity contribution in [1.29, 1.82) is 5.26 Å². The lowest BCUT2D eigenvalue weighted by Gasteiger charge is -2.20. The smallest absolute Gasteiger partial charge is 0.264 e. The van der Waals surface area contributed by atoms with Crippen LogP contribution in [0.25, 0.3) is 0 Å². The summed E-state index contributed by atoms with van der Waals surface area (Å²) in [6.45, 7) is 1.92. The number of hydrogen-bond acceptors (Lipinski definition) is 4. The highest BCUT2D eigenvalue weighted by Crippen LogP contribution is 2.24. The van der Waals surface area contributed by atoms with Gasteiger partial charge in [-0.1, -0.05) is 35.4 Å². The Bertz CT molecular complexity index is 1250. The average molecular weight is 440 g/mol. The number of hydrogen-bond donors (Lipinski definition) is 1. The molecule has 0 heterocycles. The second kappa shape index (κ2) is 8.57. The van der Waals surface area contributed by atoms with Crippen LogP contribution in [0.5, 0.6) is 0 Å². The van der Waals surface area contributed by atoms with Gasteiger partial charge in [0.15, 0.2) is 0 Å². The molecule has 8 heteroatoms. The van der Waals surface area contributed by atoms with Gasteiger partial charge in [0.05, 0.1) is 21.2 Å². The largest absolute Gasteiger partial charge is 0.322 e. The van der Waals surface area contributed by atoms with Crippen LogP contribution in [0, 0.1) is 18.3 Å². The molecule has 0 aliphatic carbocycles. The van der Waals surface area contributed by atoms with Gasteiger partial charge in [0.1, 0.15) is 6.07 Å². The predicted molar refractivity (Wildman–Crippen MR) is 117 cm³/mol. The topological polar surface area (TPSA) is 90.3 Å². The Morgan fingerprint density at radius 1 is 1.07 bits per heavy atom. The molecule has 0 saturated carbocycles. The molecule has 6 nitrogen and oxygen atoms in total. The molecule has 3 rings (SSSR count). The lowest BCUT2D eigenvalue weighted by Crippen LogP contribution is -2.26. The maximum absolute atomic E-state index is 13.0. The van der Waals surface area contributed by atoms with Crippen LogP contribution >= 0.6 is 11.6 Å². The van der Waals surface area contributed by atoms with Gasteiger partial charge in [-0.15, -0.1) is 0 Å². The van der Waals surface area contributed by atoms with E-state index in [0.717, 1.165) is 5.56 Å².